The molecule has 1 aromatic heterocycles. The molecule has 0 saturated carbocycles. The van der Waals surface area contributed by atoms with Crippen molar-refractivity contribution in [2.75, 3.05) is 13.2 Å². The minimum atomic E-state index is -0.0497. The second-order valence-corrected chi connectivity index (χ2v) is 6.70. The highest BCUT2D eigenvalue weighted by Crippen LogP contribution is 2.31. The lowest BCUT2D eigenvalue weighted by molar-refractivity contribution is 0.0679. The van der Waals surface area contributed by atoms with Gasteiger partial charge in [-0.15, -0.1) is 0 Å². The molecule has 1 amide bonds. The zero-order valence-corrected chi connectivity index (χ0v) is 13.9. The average molecular weight is 402 g/mol. The number of H-pyrrole nitrogens is 1. The first kappa shape index (κ1) is 14.1. The molecule has 4 nitrogen and oxygen atoms in total. The highest BCUT2D eigenvalue weighted by Gasteiger charge is 2.30. The highest BCUT2D eigenvalue weighted by molar-refractivity contribution is 9.13. The van der Waals surface area contributed by atoms with E-state index in [2.05, 4.69) is 36.8 Å². The van der Waals surface area contributed by atoms with E-state index in [-0.39, 0.29) is 18.6 Å². The smallest absolute Gasteiger partial charge is 0.256 e. The van der Waals surface area contributed by atoms with Crippen LogP contribution in [0, 0.1) is 0 Å². The summed E-state index contributed by atoms with van der Waals surface area (Å²) >= 11 is 6.92. The van der Waals surface area contributed by atoms with Gasteiger partial charge in [-0.05, 0) is 56.8 Å². The van der Waals surface area contributed by atoms with Gasteiger partial charge in [0.25, 0.3) is 5.91 Å². The summed E-state index contributed by atoms with van der Waals surface area (Å²) in [4.78, 5) is 17.6. The van der Waals surface area contributed by atoms with Gasteiger partial charge in [0, 0.05) is 32.6 Å². The first-order chi connectivity index (χ1) is 9.61. The van der Waals surface area contributed by atoms with Crippen molar-refractivity contribution >= 4 is 48.7 Å². The van der Waals surface area contributed by atoms with Gasteiger partial charge in [0.1, 0.15) is 0 Å². The number of nitrogens with zero attached hydrogens (tertiary/aromatic N) is 1. The van der Waals surface area contributed by atoms with Crippen molar-refractivity contribution in [3.63, 3.8) is 0 Å². The summed E-state index contributed by atoms with van der Waals surface area (Å²) in [6.45, 7) is 0.748. The van der Waals surface area contributed by atoms with Gasteiger partial charge in [-0.3, -0.25) is 4.79 Å². The molecule has 0 radical (unpaired) electrons. The van der Waals surface area contributed by atoms with E-state index in [0.717, 1.165) is 32.7 Å². The number of aromatic amines is 1. The number of nitrogens with one attached hydrogen (secondary N) is 1. The molecule has 6 heteroatoms. The maximum Gasteiger partial charge on any atom is 0.256 e. The summed E-state index contributed by atoms with van der Waals surface area (Å²) < 4.78 is 1.86. The first-order valence-electron chi connectivity index (χ1n) is 6.49. The van der Waals surface area contributed by atoms with Gasteiger partial charge in [0.15, 0.2) is 0 Å². The number of fused-ring (bicyclic) bond motifs is 1. The maximum atomic E-state index is 12.7. The number of hydrogen-bond acceptors (Lipinski definition) is 2. The molecule has 0 spiro atoms. The van der Waals surface area contributed by atoms with E-state index < -0.39 is 0 Å². The molecule has 0 unspecified atom stereocenters. The number of amides is 1. The maximum absolute atomic E-state index is 12.7. The van der Waals surface area contributed by atoms with E-state index in [4.69, 9.17) is 0 Å². The Morgan fingerprint density at radius 3 is 2.90 bits per heavy atom. The molecule has 3 rings (SSSR count). The summed E-state index contributed by atoms with van der Waals surface area (Å²) in [6, 6.07) is 3.84. The predicted molar refractivity (Wildman–Crippen MR) is 84.8 cm³/mol. The Morgan fingerprint density at radius 1 is 1.40 bits per heavy atom. The number of carbonyl (C=O) groups is 1. The van der Waals surface area contributed by atoms with Crippen LogP contribution in [0.25, 0.3) is 10.9 Å². The summed E-state index contributed by atoms with van der Waals surface area (Å²) in [7, 11) is 0. The fourth-order valence-corrected chi connectivity index (χ4v) is 3.43. The molecular weight excluding hydrogens is 388 g/mol. The Balaban J connectivity index is 2.02. The molecule has 1 aliphatic rings. The summed E-state index contributed by atoms with van der Waals surface area (Å²) in [5.41, 5.74) is 1.58. The highest BCUT2D eigenvalue weighted by atomic mass is 79.9. The zero-order valence-electron chi connectivity index (χ0n) is 10.7. The second kappa shape index (κ2) is 5.50. The van der Waals surface area contributed by atoms with Crippen LogP contribution in [0.2, 0.25) is 0 Å². The van der Waals surface area contributed by atoms with Crippen molar-refractivity contribution in [2.24, 2.45) is 0 Å². The number of likely N-dealkylation sites (tertiary alicyclic amines) is 1. The number of aliphatic hydroxyl groups is 1. The molecule has 1 fully saturated rings. The minimum absolute atomic E-state index is 0.0120. The van der Waals surface area contributed by atoms with Crippen LogP contribution in [0.3, 0.4) is 0 Å². The van der Waals surface area contributed by atoms with Crippen LogP contribution in [0.1, 0.15) is 23.2 Å². The van der Waals surface area contributed by atoms with Crippen molar-refractivity contribution in [3.05, 3.63) is 32.8 Å². The predicted octanol–water partition coefficient (Wildman–Crippen LogP) is 3.29. The van der Waals surface area contributed by atoms with Gasteiger partial charge < -0.3 is 15.0 Å². The van der Waals surface area contributed by atoms with E-state index >= 15 is 0 Å². The lowest BCUT2D eigenvalue weighted by Gasteiger charge is -2.22. The van der Waals surface area contributed by atoms with Gasteiger partial charge in [0.05, 0.1) is 18.2 Å². The molecule has 20 heavy (non-hydrogen) atoms. The monoisotopic (exact) mass is 400 g/mol. The van der Waals surface area contributed by atoms with E-state index in [1.807, 2.05) is 12.1 Å². The van der Waals surface area contributed by atoms with E-state index in [1.165, 1.54) is 0 Å². The zero-order chi connectivity index (χ0) is 14.3. The molecule has 0 aliphatic carbocycles. The molecule has 1 aromatic carbocycles. The fourth-order valence-electron chi connectivity index (χ4n) is 2.74. The lowest BCUT2D eigenvalue weighted by atomic mass is 10.1. The van der Waals surface area contributed by atoms with Crippen molar-refractivity contribution in [2.45, 2.75) is 18.9 Å². The van der Waals surface area contributed by atoms with E-state index in [1.54, 1.807) is 11.1 Å². The van der Waals surface area contributed by atoms with Gasteiger partial charge in [-0.1, -0.05) is 0 Å². The fraction of sp³-hybridized carbons (Fsp3) is 0.357. The normalized spacial score (nSPS) is 18.9. The average Bonchev–Trinajstić information content (AvgIpc) is 3.05. The Morgan fingerprint density at radius 2 is 2.15 bits per heavy atom. The Kier molecular flexibility index (Phi) is 3.88. The lowest BCUT2D eigenvalue weighted by Crippen LogP contribution is -2.37. The summed E-state index contributed by atoms with van der Waals surface area (Å²) in [5, 5.41) is 10.3. The van der Waals surface area contributed by atoms with Crippen molar-refractivity contribution in [3.8, 4) is 0 Å². The third-order valence-corrected chi connectivity index (χ3v) is 5.65. The van der Waals surface area contributed by atoms with Crippen molar-refractivity contribution in [1.82, 2.24) is 9.88 Å². The van der Waals surface area contributed by atoms with Gasteiger partial charge >= 0.3 is 0 Å². The number of rotatable bonds is 2. The molecule has 2 aromatic rings. The van der Waals surface area contributed by atoms with Crippen molar-refractivity contribution in [1.29, 1.82) is 0 Å². The minimum Gasteiger partial charge on any atom is -0.394 e. The number of hydrogen-bond donors (Lipinski definition) is 2. The number of aliphatic hydroxyl groups excluding tert-OH is 1. The Hall–Kier alpha value is -0.850. The SMILES string of the molecule is O=C(c1c[nH]c2cc(Br)c(Br)cc12)N1CCC[C@@H]1CO. The standard InChI is InChI=1S/C14H14Br2N2O2/c15-11-4-9-10(6-17-13(9)5-12(11)16)14(20)18-3-1-2-8(18)7-19/h4-6,8,17,19H,1-3,7H2/t8-/m1/s1. The molecule has 106 valence electrons. The number of benzene rings is 1. The van der Waals surface area contributed by atoms with Gasteiger partial charge in [0.2, 0.25) is 0 Å². The summed E-state index contributed by atoms with van der Waals surface area (Å²) in [6.07, 6.45) is 3.58. The van der Waals surface area contributed by atoms with Gasteiger partial charge in [-0.2, -0.15) is 0 Å². The molecule has 1 saturated heterocycles. The van der Waals surface area contributed by atoms with Crippen LogP contribution in [-0.2, 0) is 0 Å². The number of halogens is 2. The quantitative estimate of drug-likeness (QED) is 0.811. The first-order valence-corrected chi connectivity index (χ1v) is 8.08. The van der Waals surface area contributed by atoms with Crippen LogP contribution < -0.4 is 0 Å². The largest absolute Gasteiger partial charge is 0.394 e. The van der Waals surface area contributed by atoms with Crippen LogP contribution >= 0.6 is 31.9 Å². The van der Waals surface area contributed by atoms with Crippen LogP contribution in [0.4, 0.5) is 0 Å². The van der Waals surface area contributed by atoms with E-state index in [9.17, 15) is 9.90 Å². The van der Waals surface area contributed by atoms with E-state index in [0.29, 0.717) is 12.1 Å². The molecule has 1 aliphatic heterocycles. The second-order valence-electron chi connectivity index (χ2n) is 4.99. The Labute approximate surface area is 133 Å². The molecule has 1 atom stereocenters. The van der Waals surface area contributed by atoms with Crippen LogP contribution in [-0.4, -0.2) is 40.1 Å². The number of aromatic nitrogens is 1. The van der Waals surface area contributed by atoms with Crippen molar-refractivity contribution < 1.29 is 9.90 Å². The van der Waals surface area contributed by atoms with Crippen LogP contribution in [0.5, 0.6) is 0 Å². The summed E-state index contributed by atoms with van der Waals surface area (Å²) in [5.74, 6) is -0.0120. The van der Waals surface area contributed by atoms with Crippen LogP contribution in [0.15, 0.2) is 27.3 Å². The number of carbonyl (C=O) groups excluding carboxylic acids is 1. The molecular formula is C14H14Br2N2O2. The third kappa shape index (κ3) is 2.29. The Bertz CT molecular complexity index is 668. The molecule has 2 heterocycles. The third-order valence-electron chi connectivity index (χ3n) is 3.80. The van der Waals surface area contributed by atoms with Gasteiger partial charge in [-0.25, -0.2) is 0 Å². The molecule has 2 N–H and O–H groups in total. The topological polar surface area (TPSA) is 56.3 Å². The molecule has 0 bridgehead atoms.